The minimum absolute atomic E-state index is 0.129. The van der Waals surface area contributed by atoms with E-state index >= 15 is 0 Å². The van der Waals surface area contributed by atoms with Crippen LogP contribution < -0.4 is 0 Å². The topological polar surface area (TPSA) is 76.8 Å². The lowest BCUT2D eigenvalue weighted by atomic mass is 10.1. The van der Waals surface area contributed by atoms with Gasteiger partial charge in [0.1, 0.15) is 6.33 Å². The van der Waals surface area contributed by atoms with Crippen LogP contribution in [0.2, 0.25) is 5.02 Å². The highest BCUT2D eigenvalue weighted by Gasteiger charge is 2.35. The molecule has 1 aliphatic carbocycles. The highest BCUT2D eigenvalue weighted by molar-refractivity contribution is 6.31. The van der Waals surface area contributed by atoms with E-state index in [0.717, 1.165) is 36.4 Å². The lowest BCUT2D eigenvalue weighted by Crippen LogP contribution is -2.37. The summed E-state index contributed by atoms with van der Waals surface area (Å²) in [6, 6.07) is 4.12. The van der Waals surface area contributed by atoms with Crippen LogP contribution in [0.1, 0.15) is 58.9 Å². The zero-order valence-electron chi connectivity index (χ0n) is 18.3. The average Bonchev–Trinajstić information content (AvgIpc) is 3.41. The van der Waals surface area contributed by atoms with Crippen LogP contribution in [0.4, 0.5) is 13.2 Å². The molecule has 2 heterocycles. The van der Waals surface area contributed by atoms with Gasteiger partial charge in [-0.3, -0.25) is 4.79 Å². The third-order valence-corrected chi connectivity index (χ3v) is 5.68. The predicted molar refractivity (Wildman–Crippen MR) is 115 cm³/mol. The summed E-state index contributed by atoms with van der Waals surface area (Å²) in [6.45, 7) is 5.81. The number of carbonyl (C=O) groups is 1. The standard InChI is InChI=1S/C22H22ClF3N6O/c1-12-6-13(2)30-21(29-12)32-19(27-11-28-32)14(3)31(10-15-4-5-15)20(33)16-7-17(22(24,25)26)9-18(23)8-16/h6-9,11,14-15H,4-5,10H2,1-3H3. The summed E-state index contributed by atoms with van der Waals surface area (Å²) in [5.74, 6) is 0.449. The van der Waals surface area contributed by atoms with Gasteiger partial charge in [-0.1, -0.05) is 11.6 Å². The zero-order chi connectivity index (χ0) is 23.9. The number of rotatable bonds is 6. The SMILES string of the molecule is Cc1cc(C)nc(-n2ncnc2C(C)N(CC2CC2)C(=O)c2cc(Cl)cc(C(F)(F)F)c2)n1. The zero-order valence-corrected chi connectivity index (χ0v) is 19.0. The number of alkyl halides is 3. The molecular weight excluding hydrogens is 457 g/mol. The maximum Gasteiger partial charge on any atom is 0.416 e. The second kappa shape index (κ2) is 8.74. The van der Waals surface area contributed by atoms with Crippen molar-refractivity contribution in [2.24, 2.45) is 5.92 Å². The molecule has 33 heavy (non-hydrogen) atoms. The number of amides is 1. The first-order valence-corrected chi connectivity index (χ1v) is 10.8. The van der Waals surface area contributed by atoms with Crippen LogP contribution in [-0.4, -0.2) is 42.1 Å². The van der Waals surface area contributed by atoms with Gasteiger partial charge < -0.3 is 4.90 Å². The molecule has 174 valence electrons. The molecule has 0 saturated heterocycles. The molecule has 1 aliphatic rings. The van der Waals surface area contributed by atoms with Crippen molar-refractivity contribution in [2.45, 2.75) is 45.8 Å². The summed E-state index contributed by atoms with van der Waals surface area (Å²) in [4.78, 5) is 28.1. The first-order valence-electron chi connectivity index (χ1n) is 10.4. The maximum atomic E-state index is 13.4. The van der Waals surface area contributed by atoms with E-state index in [0.29, 0.717) is 18.3 Å². The molecule has 0 aliphatic heterocycles. The van der Waals surface area contributed by atoms with Crippen molar-refractivity contribution in [3.8, 4) is 5.95 Å². The number of benzene rings is 1. The van der Waals surface area contributed by atoms with Crippen molar-refractivity contribution in [1.29, 1.82) is 0 Å². The Hall–Kier alpha value is -3.01. The van der Waals surface area contributed by atoms with Gasteiger partial charge in [0.25, 0.3) is 11.9 Å². The monoisotopic (exact) mass is 478 g/mol. The van der Waals surface area contributed by atoms with Crippen LogP contribution in [0.15, 0.2) is 30.6 Å². The molecule has 0 radical (unpaired) electrons. The van der Waals surface area contributed by atoms with Gasteiger partial charge in [-0.25, -0.2) is 15.0 Å². The van der Waals surface area contributed by atoms with Crippen molar-refractivity contribution in [3.63, 3.8) is 0 Å². The summed E-state index contributed by atoms with van der Waals surface area (Å²) in [5.41, 5.74) is 0.396. The second-order valence-corrected chi connectivity index (χ2v) is 8.72. The summed E-state index contributed by atoms with van der Waals surface area (Å²) in [5, 5.41) is 4.08. The Labute approximate surface area is 193 Å². The molecule has 2 aromatic heterocycles. The van der Waals surface area contributed by atoms with Crippen LogP contribution in [0.25, 0.3) is 5.95 Å². The van der Waals surface area contributed by atoms with Gasteiger partial charge >= 0.3 is 6.18 Å². The molecule has 1 unspecified atom stereocenters. The van der Waals surface area contributed by atoms with Gasteiger partial charge in [0.15, 0.2) is 5.82 Å². The Morgan fingerprint density at radius 3 is 2.45 bits per heavy atom. The Balaban J connectivity index is 1.72. The van der Waals surface area contributed by atoms with E-state index in [4.69, 9.17) is 11.6 Å². The quantitative estimate of drug-likeness (QED) is 0.500. The normalized spacial score (nSPS) is 14.9. The fourth-order valence-corrected chi connectivity index (χ4v) is 3.90. The van der Waals surface area contributed by atoms with Gasteiger partial charge in [-0.15, -0.1) is 0 Å². The highest BCUT2D eigenvalue weighted by atomic mass is 35.5. The third-order valence-electron chi connectivity index (χ3n) is 5.46. The Morgan fingerprint density at radius 2 is 1.85 bits per heavy atom. The molecule has 1 saturated carbocycles. The van der Waals surface area contributed by atoms with Crippen molar-refractivity contribution >= 4 is 17.5 Å². The summed E-state index contributed by atoms with van der Waals surface area (Å²) >= 11 is 5.92. The van der Waals surface area contributed by atoms with Gasteiger partial charge in [0.2, 0.25) is 0 Å². The largest absolute Gasteiger partial charge is 0.416 e. The van der Waals surface area contributed by atoms with Gasteiger partial charge in [-0.2, -0.15) is 23.0 Å². The number of carbonyl (C=O) groups excluding carboxylic acids is 1. The molecule has 1 amide bonds. The fraction of sp³-hybridized carbons (Fsp3) is 0.409. The van der Waals surface area contributed by atoms with E-state index in [2.05, 4.69) is 20.1 Å². The smallest absolute Gasteiger partial charge is 0.328 e. The van der Waals surface area contributed by atoms with E-state index in [1.165, 1.54) is 22.0 Å². The van der Waals surface area contributed by atoms with Crippen LogP contribution in [0, 0.1) is 19.8 Å². The molecule has 3 aromatic rings. The number of aryl methyl sites for hydroxylation is 2. The van der Waals surface area contributed by atoms with E-state index < -0.39 is 23.7 Å². The fourth-order valence-electron chi connectivity index (χ4n) is 3.67. The molecule has 0 bridgehead atoms. The number of hydrogen-bond acceptors (Lipinski definition) is 5. The molecule has 1 fully saturated rings. The minimum atomic E-state index is -4.62. The molecule has 0 spiro atoms. The lowest BCUT2D eigenvalue weighted by molar-refractivity contribution is -0.137. The number of nitrogens with zero attached hydrogens (tertiary/aromatic N) is 6. The van der Waals surface area contributed by atoms with E-state index in [1.54, 1.807) is 6.92 Å². The van der Waals surface area contributed by atoms with Crippen LogP contribution in [0.3, 0.4) is 0 Å². The highest BCUT2D eigenvalue weighted by Crippen LogP contribution is 2.35. The molecule has 4 rings (SSSR count). The maximum absolute atomic E-state index is 13.4. The van der Waals surface area contributed by atoms with E-state index in [1.807, 2.05) is 19.9 Å². The van der Waals surface area contributed by atoms with Crippen LogP contribution in [-0.2, 0) is 6.18 Å². The van der Waals surface area contributed by atoms with Crippen molar-refractivity contribution in [3.05, 3.63) is 64.0 Å². The number of aromatic nitrogens is 5. The summed E-state index contributed by atoms with van der Waals surface area (Å²) < 4.78 is 41.4. The molecule has 1 aromatic carbocycles. The second-order valence-electron chi connectivity index (χ2n) is 8.28. The average molecular weight is 479 g/mol. The first kappa shape index (κ1) is 23.2. The third kappa shape index (κ3) is 5.16. The number of hydrogen-bond donors (Lipinski definition) is 0. The predicted octanol–water partition coefficient (Wildman–Crippen LogP) is 4.96. The molecule has 1 atom stereocenters. The van der Waals surface area contributed by atoms with Crippen LogP contribution >= 0.6 is 11.6 Å². The number of halogens is 4. The van der Waals surface area contributed by atoms with E-state index in [-0.39, 0.29) is 16.5 Å². The first-order chi connectivity index (χ1) is 15.5. The van der Waals surface area contributed by atoms with Gasteiger partial charge in [0.05, 0.1) is 11.6 Å². The van der Waals surface area contributed by atoms with Gasteiger partial charge in [-0.05, 0) is 63.8 Å². The van der Waals surface area contributed by atoms with Gasteiger partial charge in [0, 0.05) is 28.5 Å². The minimum Gasteiger partial charge on any atom is -0.328 e. The van der Waals surface area contributed by atoms with Crippen molar-refractivity contribution in [2.75, 3.05) is 6.54 Å². The molecule has 7 nitrogen and oxygen atoms in total. The van der Waals surface area contributed by atoms with Crippen LogP contribution in [0.5, 0.6) is 0 Å². The Morgan fingerprint density at radius 1 is 1.18 bits per heavy atom. The summed E-state index contributed by atoms with van der Waals surface area (Å²) in [7, 11) is 0. The Bertz CT molecular complexity index is 1170. The lowest BCUT2D eigenvalue weighted by Gasteiger charge is -2.29. The van der Waals surface area contributed by atoms with E-state index in [9.17, 15) is 18.0 Å². The summed E-state index contributed by atoms with van der Waals surface area (Å²) in [6.07, 6.45) is -1.37. The molecular formula is C22H22ClF3N6O. The molecule has 11 heteroatoms. The Kier molecular flexibility index (Phi) is 6.13. The van der Waals surface area contributed by atoms with Crippen molar-refractivity contribution in [1.82, 2.24) is 29.6 Å². The molecule has 0 N–H and O–H groups in total. The van der Waals surface area contributed by atoms with Crippen molar-refractivity contribution < 1.29 is 18.0 Å².